The highest BCUT2D eigenvalue weighted by molar-refractivity contribution is 5.88. The molecule has 0 aliphatic rings. The topological polar surface area (TPSA) is 18.5 Å². The monoisotopic (exact) mass is 348 g/mol. The normalized spacial score (nSPS) is 12.2. The lowest BCUT2D eigenvalue weighted by Gasteiger charge is -2.28. The van der Waals surface area contributed by atoms with Gasteiger partial charge in [0.15, 0.2) is 0 Å². The molecule has 0 aliphatic heterocycles. The van der Waals surface area contributed by atoms with Crippen LogP contribution < -0.4 is 9.47 Å². The standard InChI is InChI=1S/C24H28O2/c1-23(2,3)25-20-15-13-18(14-16-20)17-24(4,5)26-22-12-8-10-19-9-6-7-11-21(19)22/h6-16H,17H2,1-5H3. The predicted molar refractivity (Wildman–Crippen MR) is 109 cm³/mol. The van der Waals surface area contributed by atoms with E-state index in [0.29, 0.717) is 0 Å². The quantitative estimate of drug-likeness (QED) is 0.530. The summed E-state index contributed by atoms with van der Waals surface area (Å²) >= 11 is 0. The van der Waals surface area contributed by atoms with Gasteiger partial charge in [-0.05, 0) is 63.8 Å². The van der Waals surface area contributed by atoms with Crippen molar-refractivity contribution in [1.82, 2.24) is 0 Å². The molecule has 0 saturated heterocycles. The van der Waals surface area contributed by atoms with E-state index < -0.39 is 0 Å². The van der Waals surface area contributed by atoms with E-state index in [2.05, 4.69) is 77.1 Å². The van der Waals surface area contributed by atoms with Crippen LogP contribution in [0.2, 0.25) is 0 Å². The fraction of sp³-hybridized carbons (Fsp3) is 0.333. The maximum absolute atomic E-state index is 6.40. The molecule has 0 saturated carbocycles. The van der Waals surface area contributed by atoms with Crippen LogP contribution in [0.3, 0.4) is 0 Å². The fourth-order valence-corrected chi connectivity index (χ4v) is 3.14. The van der Waals surface area contributed by atoms with Crippen molar-refractivity contribution >= 4 is 10.8 Å². The molecule has 2 nitrogen and oxygen atoms in total. The second-order valence-electron chi connectivity index (χ2n) is 8.37. The van der Waals surface area contributed by atoms with E-state index in [9.17, 15) is 0 Å². The van der Waals surface area contributed by atoms with E-state index in [4.69, 9.17) is 9.47 Å². The van der Waals surface area contributed by atoms with Gasteiger partial charge in [0.05, 0.1) is 0 Å². The molecule has 0 aliphatic carbocycles. The lowest BCUT2D eigenvalue weighted by atomic mass is 9.98. The lowest BCUT2D eigenvalue weighted by molar-refractivity contribution is 0.111. The second-order valence-corrected chi connectivity index (χ2v) is 8.37. The van der Waals surface area contributed by atoms with Gasteiger partial charge in [-0.15, -0.1) is 0 Å². The van der Waals surface area contributed by atoms with Crippen molar-refractivity contribution in [2.24, 2.45) is 0 Å². The first-order chi connectivity index (χ1) is 12.2. The number of hydrogen-bond acceptors (Lipinski definition) is 2. The maximum atomic E-state index is 6.40. The van der Waals surface area contributed by atoms with Crippen molar-refractivity contribution < 1.29 is 9.47 Å². The third-order valence-corrected chi connectivity index (χ3v) is 4.11. The van der Waals surface area contributed by atoms with Gasteiger partial charge < -0.3 is 9.47 Å². The minimum absolute atomic E-state index is 0.182. The largest absolute Gasteiger partial charge is 0.488 e. The second kappa shape index (κ2) is 7.03. The molecule has 0 N–H and O–H groups in total. The van der Waals surface area contributed by atoms with Crippen LogP contribution >= 0.6 is 0 Å². The van der Waals surface area contributed by atoms with Gasteiger partial charge in [0, 0.05) is 11.8 Å². The van der Waals surface area contributed by atoms with Crippen molar-refractivity contribution in [3.05, 3.63) is 72.3 Å². The highest BCUT2D eigenvalue weighted by Gasteiger charge is 2.22. The lowest BCUT2D eigenvalue weighted by Crippen LogP contribution is -2.31. The van der Waals surface area contributed by atoms with Gasteiger partial charge in [-0.25, -0.2) is 0 Å². The molecule has 0 bridgehead atoms. The molecule has 0 fully saturated rings. The molecule has 136 valence electrons. The van der Waals surface area contributed by atoms with E-state index >= 15 is 0 Å². The van der Waals surface area contributed by atoms with Crippen LogP contribution in [0, 0.1) is 0 Å². The summed E-state index contributed by atoms with van der Waals surface area (Å²) in [6.07, 6.45) is 0.825. The molecule has 0 amide bonds. The summed E-state index contributed by atoms with van der Waals surface area (Å²) in [5, 5.41) is 2.35. The van der Waals surface area contributed by atoms with E-state index in [-0.39, 0.29) is 11.2 Å². The van der Waals surface area contributed by atoms with Crippen molar-refractivity contribution in [1.29, 1.82) is 0 Å². The first kappa shape index (κ1) is 18.3. The minimum Gasteiger partial charge on any atom is -0.488 e. The summed E-state index contributed by atoms with van der Waals surface area (Å²) in [6.45, 7) is 10.4. The Morgan fingerprint density at radius 1 is 0.692 bits per heavy atom. The molecule has 3 rings (SSSR count). The smallest absolute Gasteiger partial charge is 0.127 e. The van der Waals surface area contributed by atoms with Gasteiger partial charge in [-0.2, -0.15) is 0 Å². The Hall–Kier alpha value is -2.48. The van der Waals surface area contributed by atoms with Gasteiger partial charge in [-0.3, -0.25) is 0 Å². The zero-order valence-electron chi connectivity index (χ0n) is 16.4. The maximum Gasteiger partial charge on any atom is 0.127 e. The van der Waals surface area contributed by atoms with Crippen LogP contribution in [0.15, 0.2) is 66.7 Å². The SMILES string of the molecule is CC(C)(C)Oc1ccc(CC(C)(C)Oc2cccc3ccccc23)cc1. The number of rotatable bonds is 5. The van der Waals surface area contributed by atoms with Crippen molar-refractivity contribution in [2.45, 2.75) is 52.2 Å². The number of ether oxygens (including phenoxy) is 2. The van der Waals surface area contributed by atoms with E-state index in [1.54, 1.807) is 0 Å². The zero-order chi connectivity index (χ0) is 18.8. The Labute approximate surface area is 156 Å². The Morgan fingerprint density at radius 2 is 1.35 bits per heavy atom. The molecular weight excluding hydrogens is 320 g/mol. The third kappa shape index (κ3) is 4.78. The molecule has 0 unspecified atom stereocenters. The van der Waals surface area contributed by atoms with Gasteiger partial charge in [-0.1, -0.05) is 48.5 Å². The Morgan fingerprint density at radius 3 is 2.04 bits per heavy atom. The van der Waals surface area contributed by atoms with Gasteiger partial charge in [0.2, 0.25) is 0 Å². The molecule has 0 atom stereocenters. The molecular formula is C24H28O2. The first-order valence-electron chi connectivity index (χ1n) is 9.17. The van der Waals surface area contributed by atoms with Crippen molar-refractivity contribution in [3.63, 3.8) is 0 Å². The molecule has 0 aromatic heterocycles. The average Bonchev–Trinajstić information content (AvgIpc) is 2.55. The number of fused-ring (bicyclic) bond motifs is 1. The summed E-state index contributed by atoms with van der Waals surface area (Å²) < 4.78 is 12.3. The molecule has 26 heavy (non-hydrogen) atoms. The summed E-state index contributed by atoms with van der Waals surface area (Å²) in [4.78, 5) is 0. The van der Waals surface area contributed by atoms with E-state index in [0.717, 1.165) is 23.3 Å². The first-order valence-corrected chi connectivity index (χ1v) is 9.17. The molecule has 2 heteroatoms. The van der Waals surface area contributed by atoms with Crippen LogP contribution in [0.4, 0.5) is 0 Å². The van der Waals surface area contributed by atoms with Crippen LogP contribution in [0.5, 0.6) is 11.5 Å². The summed E-state index contributed by atoms with van der Waals surface area (Å²) in [5.41, 5.74) is 0.742. The van der Waals surface area contributed by atoms with Crippen LogP contribution in [0.1, 0.15) is 40.2 Å². The highest BCUT2D eigenvalue weighted by atomic mass is 16.5. The zero-order valence-corrected chi connectivity index (χ0v) is 16.4. The van der Waals surface area contributed by atoms with Crippen molar-refractivity contribution in [2.75, 3.05) is 0 Å². The average molecular weight is 348 g/mol. The summed E-state index contributed by atoms with van der Waals surface area (Å²) in [5.74, 6) is 1.83. The van der Waals surface area contributed by atoms with E-state index in [1.165, 1.54) is 10.9 Å². The summed E-state index contributed by atoms with van der Waals surface area (Å²) in [6, 6.07) is 22.9. The Bertz CT molecular complexity index is 865. The molecule has 0 spiro atoms. The van der Waals surface area contributed by atoms with Crippen molar-refractivity contribution in [3.8, 4) is 11.5 Å². The fourth-order valence-electron chi connectivity index (χ4n) is 3.14. The predicted octanol–water partition coefficient (Wildman–Crippen LogP) is 6.42. The summed E-state index contributed by atoms with van der Waals surface area (Å²) in [7, 11) is 0. The highest BCUT2D eigenvalue weighted by Crippen LogP contribution is 2.30. The van der Waals surface area contributed by atoms with Gasteiger partial charge in [0.1, 0.15) is 22.7 Å². The van der Waals surface area contributed by atoms with Gasteiger partial charge >= 0.3 is 0 Å². The molecule has 0 heterocycles. The molecule has 3 aromatic rings. The Kier molecular flexibility index (Phi) is 4.95. The van der Waals surface area contributed by atoms with Crippen LogP contribution in [-0.2, 0) is 6.42 Å². The third-order valence-electron chi connectivity index (χ3n) is 4.11. The van der Waals surface area contributed by atoms with Crippen LogP contribution in [0.25, 0.3) is 10.8 Å². The minimum atomic E-state index is -0.309. The van der Waals surface area contributed by atoms with E-state index in [1.807, 2.05) is 24.3 Å². The molecule has 3 aromatic carbocycles. The van der Waals surface area contributed by atoms with Gasteiger partial charge in [0.25, 0.3) is 0 Å². The Balaban J connectivity index is 1.74. The number of benzene rings is 3. The number of hydrogen-bond donors (Lipinski definition) is 0. The van der Waals surface area contributed by atoms with Crippen LogP contribution in [-0.4, -0.2) is 11.2 Å². The molecule has 0 radical (unpaired) electrons.